The van der Waals surface area contributed by atoms with Crippen molar-refractivity contribution in [1.29, 1.82) is 0 Å². The lowest BCUT2D eigenvalue weighted by Crippen LogP contribution is -2.63. The molecule has 9 rings (SSSR count). The summed E-state index contributed by atoms with van der Waals surface area (Å²) in [5, 5.41) is 18.4. The van der Waals surface area contributed by atoms with Gasteiger partial charge in [0.05, 0.1) is 18.7 Å². The standard InChI is InChI=1S/C52H47N7O3/c1-3-18-47(60)48(54-51(50(61)62-2)34-17-36-58(51)46-33-35-53-45-28-16-15-27-44(45)46)38-31-29-37(30-32-38)42-25-13-14-26-43(42)49-55-56-57-59(49)52(39-19-7-4-8-20-39,40-21-9-5-10-22-40)41-23-11-6-12-24-41/h4-16,19-33,35,48,54H,3,17-18,34,36H2,1-2H3/t48-,51-/m0/s1. The minimum absolute atomic E-state index is 0.00591. The Labute approximate surface area is 361 Å². The predicted octanol–water partition coefficient (Wildman–Crippen LogP) is 9.57. The monoisotopic (exact) mass is 817 g/mol. The number of anilines is 1. The van der Waals surface area contributed by atoms with Gasteiger partial charge in [0.15, 0.2) is 17.3 Å². The molecule has 0 saturated carbocycles. The molecule has 62 heavy (non-hydrogen) atoms. The molecule has 2 aromatic heterocycles. The number of nitrogens with one attached hydrogen (secondary N) is 1. The van der Waals surface area contributed by atoms with E-state index in [1.54, 1.807) is 6.20 Å². The number of ketones is 1. The molecule has 1 fully saturated rings. The molecular weight excluding hydrogens is 771 g/mol. The Morgan fingerprint density at radius 1 is 0.742 bits per heavy atom. The maximum absolute atomic E-state index is 14.2. The molecule has 0 amide bonds. The normalized spacial score (nSPS) is 15.7. The lowest BCUT2D eigenvalue weighted by molar-refractivity contribution is -0.148. The van der Waals surface area contributed by atoms with E-state index in [0.717, 1.165) is 62.0 Å². The van der Waals surface area contributed by atoms with Gasteiger partial charge in [-0.1, -0.05) is 165 Å². The van der Waals surface area contributed by atoms with Crippen molar-refractivity contribution in [3.8, 4) is 22.5 Å². The number of fused-ring (bicyclic) bond motifs is 1. The van der Waals surface area contributed by atoms with Gasteiger partial charge in [-0.25, -0.2) is 9.48 Å². The van der Waals surface area contributed by atoms with E-state index in [1.165, 1.54) is 7.11 Å². The lowest BCUT2D eigenvalue weighted by atomic mass is 9.77. The van der Waals surface area contributed by atoms with Crippen LogP contribution in [0, 0.1) is 0 Å². The average Bonchev–Trinajstić information content (AvgIpc) is 4.01. The highest BCUT2D eigenvalue weighted by atomic mass is 16.5. The zero-order chi connectivity index (χ0) is 42.5. The first-order valence-electron chi connectivity index (χ1n) is 21.1. The van der Waals surface area contributed by atoms with Gasteiger partial charge in [-0.3, -0.25) is 15.1 Å². The van der Waals surface area contributed by atoms with Crippen LogP contribution < -0.4 is 10.2 Å². The van der Waals surface area contributed by atoms with E-state index < -0.39 is 23.2 Å². The minimum Gasteiger partial charge on any atom is -0.466 e. The van der Waals surface area contributed by atoms with Gasteiger partial charge >= 0.3 is 5.97 Å². The molecule has 1 N–H and O–H groups in total. The van der Waals surface area contributed by atoms with Crippen LogP contribution in [0.2, 0.25) is 0 Å². The number of methoxy groups -OCH3 is 1. The molecule has 10 heteroatoms. The van der Waals surface area contributed by atoms with E-state index in [2.05, 4.69) is 62.9 Å². The number of carbonyl (C=O) groups excluding carboxylic acids is 2. The van der Waals surface area contributed by atoms with Gasteiger partial charge in [0.2, 0.25) is 0 Å². The molecule has 0 bridgehead atoms. The van der Waals surface area contributed by atoms with Crippen LogP contribution in [-0.2, 0) is 19.9 Å². The first kappa shape index (κ1) is 40.1. The number of rotatable bonds is 14. The number of hydrogen-bond acceptors (Lipinski definition) is 9. The molecule has 0 spiro atoms. The fourth-order valence-corrected chi connectivity index (χ4v) is 9.30. The van der Waals surface area contributed by atoms with Crippen molar-refractivity contribution in [1.82, 2.24) is 30.5 Å². The smallest absolute Gasteiger partial charge is 0.347 e. The zero-order valence-electron chi connectivity index (χ0n) is 34.8. The minimum atomic E-state index is -1.29. The summed E-state index contributed by atoms with van der Waals surface area (Å²) in [5.74, 6) is 0.142. The molecule has 0 radical (unpaired) electrons. The van der Waals surface area contributed by atoms with Crippen LogP contribution in [0.25, 0.3) is 33.4 Å². The van der Waals surface area contributed by atoms with Gasteiger partial charge in [-0.05, 0) is 75.2 Å². The molecule has 3 heterocycles. The third kappa shape index (κ3) is 7.02. The number of para-hydroxylation sites is 1. The van der Waals surface area contributed by atoms with Crippen LogP contribution in [0.5, 0.6) is 0 Å². The molecule has 308 valence electrons. The predicted molar refractivity (Wildman–Crippen MR) is 242 cm³/mol. The van der Waals surface area contributed by atoms with E-state index in [-0.39, 0.29) is 5.78 Å². The third-order valence-corrected chi connectivity index (χ3v) is 12.1. The highest BCUT2D eigenvalue weighted by Gasteiger charge is 2.51. The first-order valence-corrected chi connectivity index (χ1v) is 21.1. The van der Waals surface area contributed by atoms with Crippen LogP contribution in [-0.4, -0.2) is 56.3 Å². The van der Waals surface area contributed by atoms with Crippen LogP contribution in [0.15, 0.2) is 176 Å². The Bertz CT molecular complexity index is 2710. The molecule has 0 aliphatic carbocycles. The Morgan fingerprint density at radius 2 is 1.34 bits per heavy atom. The quantitative estimate of drug-likeness (QED) is 0.0847. The molecule has 1 aliphatic rings. The van der Waals surface area contributed by atoms with Crippen LogP contribution in [0.4, 0.5) is 5.69 Å². The number of Topliss-reactive ketones (excluding diaryl/α,β-unsaturated/α-hetero) is 1. The number of carbonyl (C=O) groups is 2. The van der Waals surface area contributed by atoms with Crippen LogP contribution in [0.3, 0.4) is 0 Å². The van der Waals surface area contributed by atoms with Crippen molar-refractivity contribution in [3.05, 3.63) is 198 Å². The number of ether oxygens (including phenoxy) is 1. The Kier molecular flexibility index (Phi) is 11.2. The number of hydrogen-bond donors (Lipinski definition) is 1. The molecule has 6 aromatic carbocycles. The van der Waals surface area contributed by atoms with E-state index in [9.17, 15) is 9.59 Å². The first-order chi connectivity index (χ1) is 30.5. The van der Waals surface area contributed by atoms with E-state index in [0.29, 0.717) is 31.6 Å². The average molecular weight is 818 g/mol. The van der Waals surface area contributed by atoms with E-state index in [4.69, 9.17) is 15.0 Å². The second kappa shape index (κ2) is 17.4. The maximum atomic E-state index is 14.2. The SMILES string of the molecule is CCCC(=O)[C@@H](N[C@@]1(C(=O)OC)CCCN1c1ccnc2ccccc12)c1ccc(-c2ccccc2-c2nnnn2C(c2ccccc2)(c2ccccc2)c2ccccc2)cc1. The summed E-state index contributed by atoms with van der Waals surface area (Å²) in [6, 6.07) is 56.2. The molecule has 10 nitrogen and oxygen atoms in total. The van der Waals surface area contributed by atoms with Gasteiger partial charge in [-0.15, -0.1) is 5.10 Å². The number of tetrazole rings is 1. The Hall–Kier alpha value is -7.30. The number of aromatic nitrogens is 5. The number of benzene rings is 6. The second-order valence-corrected chi connectivity index (χ2v) is 15.6. The Morgan fingerprint density at radius 3 is 1.97 bits per heavy atom. The fraction of sp³-hybridized carbons (Fsp3) is 0.192. The van der Waals surface area contributed by atoms with Crippen LogP contribution >= 0.6 is 0 Å². The zero-order valence-corrected chi connectivity index (χ0v) is 34.8. The molecule has 8 aromatic rings. The summed E-state index contributed by atoms with van der Waals surface area (Å²) >= 11 is 0. The molecular formula is C52H47N7O3. The van der Waals surface area contributed by atoms with Crippen molar-refractivity contribution < 1.29 is 14.3 Å². The summed E-state index contributed by atoms with van der Waals surface area (Å²) in [5.41, 5.74) is 5.90. The summed E-state index contributed by atoms with van der Waals surface area (Å²) in [6.07, 6.45) is 3.95. The molecule has 2 atom stereocenters. The number of nitrogens with zero attached hydrogens (tertiary/aromatic N) is 6. The van der Waals surface area contributed by atoms with Crippen molar-refractivity contribution in [3.63, 3.8) is 0 Å². The molecule has 1 aliphatic heterocycles. The summed E-state index contributed by atoms with van der Waals surface area (Å²) in [6.45, 7) is 2.59. The summed E-state index contributed by atoms with van der Waals surface area (Å²) < 4.78 is 7.47. The van der Waals surface area contributed by atoms with Gasteiger partial charge in [-0.2, -0.15) is 0 Å². The van der Waals surface area contributed by atoms with Gasteiger partial charge in [0.25, 0.3) is 0 Å². The highest BCUT2D eigenvalue weighted by Crippen LogP contribution is 2.44. The summed E-state index contributed by atoms with van der Waals surface area (Å²) in [4.78, 5) is 34.9. The number of esters is 1. The fourth-order valence-electron chi connectivity index (χ4n) is 9.30. The van der Waals surface area contributed by atoms with Crippen molar-refractivity contribution in [2.24, 2.45) is 0 Å². The largest absolute Gasteiger partial charge is 0.466 e. The van der Waals surface area contributed by atoms with Crippen molar-refractivity contribution in [2.45, 2.75) is 49.9 Å². The third-order valence-electron chi connectivity index (χ3n) is 12.1. The number of pyridine rings is 1. The lowest BCUT2D eigenvalue weighted by Gasteiger charge is -2.41. The highest BCUT2D eigenvalue weighted by molar-refractivity contribution is 5.96. The van der Waals surface area contributed by atoms with Gasteiger partial charge < -0.3 is 9.64 Å². The molecule has 1 saturated heterocycles. The van der Waals surface area contributed by atoms with Crippen molar-refractivity contribution in [2.75, 3.05) is 18.6 Å². The second-order valence-electron chi connectivity index (χ2n) is 15.6. The van der Waals surface area contributed by atoms with E-state index in [1.807, 2.05) is 139 Å². The van der Waals surface area contributed by atoms with Crippen LogP contribution in [0.1, 0.15) is 60.9 Å². The topological polar surface area (TPSA) is 115 Å². The Balaban J connectivity index is 1.13. The van der Waals surface area contributed by atoms with Gasteiger partial charge in [0, 0.05) is 35.8 Å². The maximum Gasteiger partial charge on any atom is 0.347 e. The van der Waals surface area contributed by atoms with E-state index >= 15 is 0 Å². The van der Waals surface area contributed by atoms with Crippen molar-refractivity contribution >= 4 is 28.3 Å². The summed E-state index contributed by atoms with van der Waals surface area (Å²) in [7, 11) is 1.40. The molecule has 0 unspecified atom stereocenters. The van der Waals surface area contributed by atoms with Gasteiger partial charge in [0.1, 0.15) is 5.54 Å².